The molecule has 11 heteroatoms. The highest BCUT2D eigenvalue weighted by atomic mass is 35.5. The van der Waals surface area contributed by atoms with Gasteiger partial charge in [-0.05, 0) is 29.8 Å². The first kappa shape index (κ1) is 30.6. The number of methoxy groups -OCH3 is 1. The molecule has 1 N–H and O–H groups in total. The van der Waals surface area contributed by atoms with E-state index in [1.807, 2.05) is 91.0 Å². The van der Waals surface area contributed by atoms with Gasteiger partial charge in [-0.3, -0.25) is 4.98 Å². The molecule has 6 aromatic rings. The molecule has 0 amide bonds. The summed E-state index contributed by atoms with van der Waals surface area (Å²) >= 11 is 12.9. The highest BCUT2D eigenvalue weighted by Crippen LogP contribution is 2.36. The van der Waals surface area contributed by atoms with E-state index >= 15 is 4.39 Å². The van der Waals surface area contributed by atoms with E-state index in [2.05, 4.69) is 25.4 Å². The minimum atomic E-state index is -0.975. The number of benzene rings is 4. The number of anilines is 1. The third kappa shape index (κ3) is 6.37. The summed E-state index contributed by atoms with van der Waals surface area (Å²) in [6.45, 7) is 0.254. The molecule has 0 aliphatic carbocycles. The van der Waals surface area contributed by atoms with Crippen LogP contribution in [0.2, 0.25) is 10.0 Å². The zero-order valence-corrected chi connectivity index (χ0v) is 25.8. The molecule has 0 radical (unpaired) electrons. The number of aromatic nitrogens is 3. The van der Waals surface area contributed by atoms with Gasteiger partial charge in [0, 0.05) is 29.3 Å². The van der Waals surface area contributed by atoms with Gasteiger partial charge in [0.2, 0.25) is 0 Å². The number of hydrogen-bond donors (Lipinski definition) is 1. The summed E-state index contributed by atoms with van der Waals surface area (Å²) in [5.41, 5.74) is 3.16. The maximum atomic E-state index is 15.6. The Labute approximate surface area is 273 Å². The first-order chi connectivity index (χ1) is 22.4. The first-order valence-electron chi connectivity index (χ1n) is 14.0. The fourth-order valence-electron chi connectivity index (χ4n) is 4.81. The maximum absolute atomic E-state index is 15.6. The summed E-state index contributed by atoms with van der Waals surface area (Å²) < 4.78 is 20.7. The molecule has 228 valence electrons. The number of hydrogen-bond acceptors (Lipinski definition) is 8. The first-order valence-corrected chi connectivity index (χ1v) is 14.8. The lowest BCUT2D eigenvalue weighted by molar-refractivity contribution is 0.0510. The predicted octanol–water partition coefficient (Wildman–Crippen LogP) is 8.37. The van der Waals surface area contributed by atoms with Crippen molar-refractivity contribution in [3.63, 3.8) is 0 Å². The molecule has 0 aliphatic heterocycles. The molecule has 4 aromatic carbocycles. The molecule has 2 aromatic heterocycles. The number of nitrogens with zero attached hydrogens (tertiary/aromatic N) is 4. The molecule has 0 fully saturated rings. The van der Waals surface area contributed by atoms with Gasteiger partial charge in [-0.2, -0.15) is 0 Å². The van der Waals surface area contributed by atoms with E-state index in [0.717, 1.165) is 27.6 Å². The molecule has 46 heavy (non-hydrogen) atoms. The van der Waals surface area contributed by atoms with Crippen molar-refractivity contribution in [2.75, 3.05) is 12.4 Å². The van der Waals surface area contributed by atoms with Crippen molar-refractivity contribution in [3.05, 3.63) is 148 Å². The fraction of sp³-hybridized carbons (Fsp3) is 0.0571. The summed E-state index contributed by atoms with van der Waals surface area (Å²) in [4.78, 5) is 32.2. The summed E-state index contributed by atoms with van der Waals surface area (Å²) in [7, 11) is 1.29. The topological polar surface area (TPSA) is 98.6 Å². The molecule has 6 rings (SSSR count). The lowest BCUT2D eigenvalue weighted by atomic mass is 10.0. The SMILES string of the molecule is COc1c(Cl)ccc(-c2nc(NCc3cccc4ncccc34)c(Cl)c(C(=O)ON=C(c3ccccc3)c3ccccc3)n2)c1F. The van der Waals surface area contributed by atoms with Crippen LogP contribution in [0.15, 0.2) is 114 Å². The number of carbonyl (C=O) groups is 1. The van der Waals surface area contributed by atoms with Crippen LogP contribution >= 0.6 is 23.2 Å². The lowest BCUT2D eigenvalue weighted by Gasteiger charge is -2.14. The van der Waals surface area contributed by atoms with Crippen molar-refractivity contribution in [2.45, 2.75) is 6.54 Å². The highest BCUT2D eigenvalue weighted by molar-refractivity contribution is 6.35. The van der Waals surface area contributed by atoms with Gasteiger partial charge < -0.3 is 14.9 Å². The van der Waals surface area contributed by atoms with E-state index in [-0.39, 0.29) is 45.2 Å². The van der Waals surface area contributed by atoms with Gasteiger partial charge in [0.1, 0.15) is 16.6 Å². The third-order valence-corrected chi connectivity index (χ3v) is 7.69. The van der Waals surface area contributed by atoms with Crippen molar-refractivity contribution in [2.24, 2.45) is 5.16 Å². The second kappa shape index (κ2) is 13.7. The van der Waals surface area contributed by atoms with E-state index < -0.39 is 11.8 Å². The van der Waals surface area contributed by atoms with Crippen LogP contribution in [0.25, 0.3) is 22.3 Å². The number of oxime groups is 1. The average Bonchev–Trinajstić information content (AvgIpc) is 3.09. The second-order valence-corrected chi connectivity index (χ2v) is 10.7. The molecule has 0 spiro atoms. The number of halogens is 3. The minimum Gasteiger partial charge on any atom is -0.492 e. The zero-order chi connectivity index (χ0) is 32.0. The Bertz CT molecular complexity index is 2030. The van der Waals surface area contributed by atoms with Gasteiger partial charge in [0.15, 0.2) is 23.1 Å². The van der Waals surface area contributed by atoms with Crippen LogP contribution < -0.4 is 10.1 Å². The van der Waals surface area contributed by atoms with Crippen molar-refractivity contribution in [1.82, 2.24) is 15.0 Å². The normalized spacial score (nSPS) is 10.8. The van der Waals surface area contributed by atoms with Crippen molar-refractivity contribution < 1.29 is 18.8 Å². The average molecular weight is 653 g/mol. The summed E-state index contributed by atoms with van der Waals surface area (Å²) in [5, 5.41) is 8.22. The van der Waals surface area contributed by atoms with E-state index in [4.69, 9.17) is 32.8 Å². The Balaban J connectivity index is 1.41. The number of pyridine rings is 1. The van der Waals surface area contributed by atoms with E-state index in [1.54, 1.807) is 6.20 Å². The Hall–Kier alpha value is -5.38. The van der Waals surface area contributed by atoms with Crippen LogP contribution in [0.4, 0.5) is 10.2 Å². The van der Waals surface area contributed by atoms with Crippen molar-refractivity contribution in [3.8, 4) is 17.1 Å². The standard InChI is InChI=1S/C35H24Cl2FN5O3/c1-45-32-26(36)18-17-25(29(32)38)33-41-31(28(37)34(42-33)40-20-23-14-8-16-27-24(23)15-9-19-39-27)35(44)46-43-30(21-10-4-2-5-11-21)22-12-6-3-7-13-22/h2-19H,20H2,1H3,(H,40,41,42). The highest BCUT2D eigenvalue weighted by Gasteiger charge is 2.25. The molecule has 2 heterocycles. The van der Waals surface area contributed by atoms with Gasteiger partial charge in [-0.15, -0.1) is 0 Å². The molecule has 0 saturated carbocycles. The summed E-state index contributed by atoms with van der Waals surface area (Å²) in [5.74, 6) is -2.06. The summed E-state index contributed by atoms with van der Waals surface area (Å²) in [6.07, 6.45) is 1.71. The largest absolute Gasteiger partial charge is 0.492 e. The number of carbonyl (C=O) groups excluding carboxylic acids is 1. The second-order valence-electron chi connectivity index (χ2n) is 9.89. The maximum Gasteiger partial charge on any atom is 0.385 e. The lowest BCUT2D eigenvalue weighted by Crippen LogP contribution is -2.13. The van der Waals surface area contributed by atoms with Crippen LogP contribution in [0.1, 0.15) is 27.2 Å². The van der Waals surface area contributed by atoms with Crippen molar-refractivity contribution >= 4 is 51.6 Å². The molecular weight excluding hydrogens is 628 g/mol. The molecule has 0 saturated heterocycles. The fourth-order valence-corrected chi connectivity index (χ4v) is 5.26. The summed E-state index contributed by atoms with van der Waals surface area (Å²) in [6, 6.07) is 30.8. The predicted molar refractivity (Wildman–Crippen MR) is 177 cm³/mol. The van der Waals surface area contributed by atoms with Crippen LogP contribution in [-0.4, -0.2) is 33.7 Å². The van der Waals surface area contributed by atoms with Gasteiger partial charge in [0.05, 0.1) is 23.2 Å². The van der Waals surface area contributed by atoms with E-state index in [1.165, 1.54) is 19.2 Å². The molecule has 8 nitrogen and oxygen atoms in total. The smallest absolute Gasteiger partial charge is 0.385 e. The van der Waals surface area contributed by atoms with Crippen LogP contribution in [0.3, 0.4) is 0 Å². The molecule has 0 bridgehead atoms. The number of rotatable bonds is 9. The van der Waals surface area contributed by atoms with Gasteiger partial charge in [0.25, 0.3) is 0 Å². The van der Waals surface area contributed by atoms with Gasteiger partial charge >= 0.3 is 5.97 Å². The monoisotopic (exact) mass is 651 g/mol. The molecular formula is C35H24Cl2FN5O3. The molecule has 0 atom stereocenters. The Kier molecular flexibility index (Phi) is 9.14. The Morgan fingerprint density at radius 1 is 0.870 bits per heavy atom. The number of ether oxygens (including phenoxy) is 1. The Morgan fingerprint density at radius 2 is 1.59 bits per heavy atom. The van der Waals surface area contributed by atoms with Crippen LogP contribution in [0.5, 0.6) is 5.75 Å². The van der Waals surface area contributed by atoms with E-state index in [0.29, 0.717) is 5.71 Å². The van der Waals surface area contributed by atoms with E-state index in [9.17, 15) is 4.79 Å². The number of nitrogens with one attached hydrogen (secondary N) is 1. The zero-order valence-electron chi connectivity index (χ0n) is 24.2. The molecule has 0 unspecified atom stereocenters. The molecule has 0 aliphatic rings. The van der Waals surface area contributed by atoms with Crippen LogP contribution in [0, 0.1) is 5.82 Å². The van der Waals surface area contributed by atoms with Gasteiger partial charge in [-0.25, -0.2) is 19.2 Å². The third-order valence-electron chi connectivity index (χ3n) is 7.04. The van der Waals surface area contributed by atoms with Crippen LogP contribution in [-0.2, 0) is 11.4 Å². The quantitative estimate of drug-likeness (QED) is 0.0952. The minimum absolute atomic E-state index is 0.0592. The van der Waals surface area contributed by atoms with Gasteiger partial charge in [-0.1, -0.05) is 107 Å². The number of fused-ring (bicyclic) bond motifs is 1. The van der Waals surface area contributed by atoms with Crippen molar-refractivity contribution in [1.29, 1.82) is 0 Å². The Morgan fingerprint density at radius 3 is 2.28 bits per heavy atom.